The van der Waals surface area contributed by atoms with E-state index in [-0.39, 0.29) is 16.8 Å². The number of hydrogen-bond acceptors (Lipinski definition) is 4. The Morgan fingerprint density at radius 1 is 1.17 bits per heavy atom. The van der Waals surface area contributed by atoms with Gasteiger partial charge in [0.2, 0.25) is 10.0 Å². The second-order valence-corrected chi connectivity index (χ2v) is 7.62. The molecule has 6 nitrogen and oxygen atoms in total. The summed E-state index contributed by atoms with van der Waals surface area (Å²) in [4.78, 5) is 12.6. The molecule has 2 N–H and O–H groups in total. The summed E-state index contributed by atoms with van der Waals surface area (Å²) in [5.74, 6) is 1.06. The van der Waals surface area contributed by atoms with Crippen LogP contribution in [0.5, 0.6) is 0 Å². The molecule has 1 aromatic carbocycles. The van der Waals surface area contributed by atoms with Crippen molar-refractivity contribution >= 4 is 15.9 Å². The van der Waals surface area contributed by atoms with Crippen molar-refractivity contribution in [3.05, 3.63) is 52.5 Å². The Hall–Kier alpha value is -2.12. The van der Waals surface area contributed by atoms with Crippen LogP contribution < -0.4 is 10.0 Å². The molecule has 0 saturated carbocycles. The summed E-state index contributed by atoms with van der Waals surface area (Å²) in [5, 5.41) is 2.82. The highest BCUT2D eigenvalue weighted by molar-refractivity contribution is 7.89. The fraction of sp³-hybridized carbons (Fsp3) is 0.353. The van der Waals surface area contributed by atoms with E-state index in [9.17, 15) is 13.2 Å². The van der Waals surface area contributed by atoms with Gasteiger partial charge >= 0.3 is 0 Å². The first-order valence-electron chi connectivity index (χ1n) is 7.57. The number of sulfonamides is 1. The summed E-state index contributed by atoms with van der Waals surface area (Å²) in [6.07, 6.45) is 0. The van der Waals surface area contributed by atoms with Crippen molar-refractivity contribution in [3.63, 3.8) is 0 Å². The van der Waals surface area contributed by atoms with Crippen molar-refractivity contribution in [3.8, 4) is 0 Å². The molecule has 7 heteroatoms. The molecule has 0 fully saturated rings. The van der Waals surface area contributed by atoms with Crippen molar-refractivity contribution in [2.75, 3.05) is 7.05 Å². The van der Waals surface area contributed by atoms with Gasteiger partial charge in [0, 0.05) is 5.56 Å². The molecule has 2 aromatic rings. The fourth-order valence-corrected chi connectivity index (χ4v) is 3.45. The number of benzene rings is 1. The number of carbonyl (C=O) groups is 1. The molecule has 0 spiro atoms. The molecule has 1 amide bonds. The molecule has 1 atom stereocenters. The number of amides is 1. The average Bonchev–Trinajstić information content (AvgIpc) is 2.96. The van der Waals surface area contributed by atoms with Crippen LogP contribution in [0.2, 0.25) is 0 Å². The van der Waals surface area contributed by atoms with Crippen LogP contribution in [-0.2, 0) is 10.0 Å². The van der Waals surface area contributed by atoms with Gasteiger partial charge in [-0.25, -0.2) is 13.1 Å². The number of carbonyl (C=O) groups excluding carboxylic acids is 1. The van der Waals surface area contributed by atoms with Gasteiger partial charge in [0.25, 0.3) is 5.91 Å². The van der Waals surface area contributed by atoms with Gasteiger partial charge in [0.1, 0.15) is 11.5 Å². The highest BCUT2D eigenvalue weighted by Crippen LogP contribution is 2.22. The van der Waals surface area contributed by atoms with Gasteiger partial charge in [-0.05, 0) is 70.1 Å². The quantitative estimate of drug-likeness (QED) is 0.867. The van der Waals surface area contributed by atoms with E-state index in [0.717, 1.165) is 11.3 Å². The molecule has 0 bridgehead atoms. The Bertz CT molecular complexity index is 869. The number of aryl methyl sites for hydroxylation is 2. The van der Waals surface area contributed by atoms with Gasteiger partial charge in [-0.2, -0.15) is 0 Å². The standard InChI is InChI=1S/C17H22N2O4S/c1-10-8-14(9-16(12(10)3)24(21,22)18-5)17(20)19-13(4)15-7-6-11(2)23-15/h6-9,13,18H,1-5H3,(H,19,20). The van der Waals surface area contributed by atoms with Crippen LogP contribution in [-0.4, -0.2) is 21.4 Å². The lowest BCUT2D eigenvalue weighted by molar-refractivity contribution is 0.0935. The van der Waals surface area contributed by atoms with Crippen LogP contribution in [0.1, 0.15) is 46.0 Å². The van der Waals surface area contributed by atoms with Crippen LogP contribution in [0, 0.1) is 20.8 Å². The largest absolute Gasteiger partial charge is 0.464 e. The summed E-state index contributed by atoms with van der Waals surface area (Å²) < 4.78 is 32.1. The molecule has 24 heavy (non-hydrogen) atoms. The van der Waals surface area contributed by atoms with Gasteiger partial charge in [0.15, 0.2) is 0 Å². The van der Waals surface area contributed by atoms with Crippen LogP contribution in [0.25, 0.3) is 0 Å². The molecule has 0 aliphatic rings. The monoisotopic (exact) mass is 350 g/mol. The Morgan fingerprint density at radius 3 is 2.38 bits per heavy atom. The number of furan rings is 1. The molecule has 0 aliphatic carbocycles. The summed E-state index contributed by atoms with van der Waals surface area (Å²) in [5.41, 5.74) is 1.65. The van der Waals surface area contributed by atoms with E-state index in [1.807, 2.05) is 19.9 Å². The predicted octanol–water partition coefficient (Wildman–Crippen LogP) is 2.60. The van der Waals surface area contributed by atoms with E-state index >= 15 is 0 Å². The second-order valence-electron chi connectivity index (χ2n) is 5.77. The maximum Gasteiger partial charge on any atom is 0.251 e. The molecule has 1 aromatic heterocycles. The van der Waals surface area contributed by atoms with Crippen LogP contribution in [0.15, 0.2) is 33.6 Å². The number of hydrogen-bond donors (Lipinski definition) is 2. The van der Waals surface area contributed by atoms with Gasteiger partial charge in [-0.15, -0.1) is 0 Å². The highest BCUT2D eigenvalue weighted by atomic mass is 32.2. The zero-order valence-electron chi connectivity index (χ0n) is 14.4. The van der Waals surface area contributed by atoms with Crippen molar-refractivity contribution in [2.24, 2.45) is 0 Å². The predicted molar refractivity (Wildman–Crippen MR) is 91.5 cm³/mol. The molecule has 0 saturated heterocycles. The van der Waals surface area contributed by atoms with Crippen molar-refractivity contribution < 1.29 is 17.6 Å². The molecule has 1 heterocycles. The zero-order chi connectivity index (χ0) is 18.1. The Balaban J connectivity index is 2.33. The van der Waals surface area contributed by atoms with Crippen LogP contribution in [0.3, 0.4) is 0 Å². The van der Waals surface area contributed by atoms with Crippen LogP contribution in [0.4, 0.5) is 0 Å². The summed E-state index contributed by atoms with van der Waals surface area (Å²) in [6, 6.07) is 6.38. The van der Waals surface area contributed by atoms with E-state index in [1.165, 1.54) is 13.1 Å². The van der Waals surface area contributed by atoms with Crippen molar-refractivity contribution in [1.29, 1.82) is 0 Å². The average molecular weight is 350 g/mol. The summed E-state index contributed by atoms with van der Waals surface area (Å²) in [7, 11) is -2.29. The molecule has 2 rings (SSSR count). The fourth-order valence-electron chi connectivity index (χ4n) is 2.38. The third-order valence-corrected chi connectivity index (χ3v) is 5.52. The SMILES string of the molecule is CNS(=O)(=O)c1cc(C(=O)NC(C)c2ccc(C)o2)cc(C)c1C. The lowest BCUT2D eigenvalue weighted by atomic mass is 10.1. The normalized spacial score (nSPS) is 12.9. The minimum atomic E-state index is -3.63. The lowest BCUT2D eigenvalue weighted by Gasteiger charge is -2.15. The molecule has 0 aliphatic heterocycles. The van der Waals surface area contributed by atoms with E-state index < -0.39 is 10.0 Å². The van der Waals surface area contributed by atoms with Crippen molar-refractivity contribution in [2.45, 2.75) is 38.6 Å². The first-order valence-corrected chi connectivity index (χ1v) is 9.06. The van der Waals surface area contributed by atoms with E-state index in [0.29, 0.717) is 16.9 Å². The van der Waals surface area contributed by atoms with Crippen molar-refractivity contribution in [1.82, 2.24) is 10.0 Å². The summed E-state index contributed by atoms with van der Waals surface area (Å²) in [6.45, 7) is 7.13. The maximum absolute atomic E-state index is 12.5. The topological polar surface area (TPSA) is 88.4 Å². The molecule has 0 radical (unpaired) electrons. The Morgan fingerprint density at radius 2 is 1.83 bits per heavy atom. The molecular formula is C17H22N2O4S. The summed E-state index contributed by atoms with van der Waals surface area (Å²) >= 11 is 0. The van der Waals surface area contributed by atoms with Gasteiger partial charge in [-0.1, -0.05) is 0 Å². The minimum Gasteiger partial charge on any atom is -0.464 e. The van der Waals surface area contributed by atoms with Gasteiger partial charge in [-0.3, -0.25) is 4.79 Å². The van der Waals surface area contributed by atoms with Crippen LogP contribution >= 0.6 is 0 Å². The molecule has 130 valence electrons. The third kappa shape index (κ3) is 3.68. The lowest BCUT2D eigenvalue weighted by Crippen LogP contribution is -2.27. The first kappa shape index (κ1) is 18.2. The molecule has 1 unspecified atom stereocenters. The van der Waals surface area contributed by atoms with Gasteiger partial charge in [0.05, 0.1) is 10.9 Å². The second kappa shape index (κ2) is 6.78. The minimum absolute atomic E-state index is 0.108. The van der Waals surface area contributed by atoms with Gasteiger partial charge < -0.3 is 9.73 Å². The number of nitrogens with one attached hydrogen (secondary N) is 2. The van der Waals surface area contributed by atoms with E-state index in [2.05, 4.69) is 10.0 Å². The first-order chi connectivity index (χ1) is 11.2. The smallest absolute Gasteiger partial charge is 0.251 e. The zero-order valence-corrected chi connectivity index (χ0v) is 15.2. The number of rotatable bonds is 5. The third-order valence-electron chi connectivity index (χ3n) is 3.98. The maximum atomic E-state index is 12.5. The Kier molecular flexibility index (Phi) is 5.15. The highest BCUT2D eigenvalue weighted by Gasteiger charge is 2.21. The Labute approximate surface area is 142 Å². The van der Waals surface area contributed by atoms with E-state index in [1.54, 1.807) is 26.0 Å². The molecular weight excluding hydrogens is 328 g/mol. The van der Waals surface area contributed by atoms with E-state index in [4.69, 9.17) is 4.42 Å².